The van der Waals surface area contributed by atoms with Crippen molar-refractivity contribution in [1.29, 1.82) is 0 Å². The molecule has 0 spiro atoms. The van der Waals surface area contributed by atoms with E-state index < -0.39 is 4.92 Å². The van der Waals surface area contributed by atoms with E-state index in [1.54, 1.807) is 12.1 Å². The third kappa shape index (κ3) is 3.29. The first-order valence-corrected chi connectivity index (χ1v) is 6.40. The molecule has 0 aromatic heterocycles. The standard InChI is InChI=1S/C16H15NO3/c1-12(18)15-10-9-14(16(11-15)17(19)20)8-7-13-5-3-2-4-6-13/h2-6,9-11H,7-8H2,1H3. The normalized spacial score (nSPS) is 10.2. The van der Waals surface area contributed by atoms with Crippen molar-refractivity contribution in [3.8, 4) is 0 Å². The second kappa shape index (κ2) is 6.10. The number of benzene rings is 2. The molecule has 0 bridgehead atoms. The number of carbonyl (C=O) groups is 1. The Morgan fingerprint density at radius 1 is 1.10 bits per heavy atom. The number of hydrogen-bond donors (Lipinski definition) is 0. The average molecular weight is 269 g/mol. The topological polar surface area (TPSA) is 60.2 Å². The van der Waals surface area contributed by atoms with Crippen molar-refractivity contribution in [2.75, 3.05) is 0 Å². The van der Waals surface area contributed by atoms with Gasteiger partial charge in [-0.05, 0) is 25.3 Å². The molecule has 102 valence electrons. The second-order valence-electron chi connectivity index (χ2n) is 4.64. The van der Waals surface area contributed by atoms with Crippen LogP contribution in [0.3, 0.4) is 0 Å². The Morgan fingerprint density at radius 3 is 2.40 bits per heavy atom. The Kier molecular flexibility index (Phi) is 4.25. The molecule has 2 aromatic carbocycles. The van der Waals surface area contributed by atoms with Gasteiger partial charge in [0.1, 0.15) is 0 Å². The maximum atomic E-state index is 11.3. The monoisotopic (exact) mass is 269 g/mol. The van der Waals surface area contributed by atoms with E-state index in [1.165, 1.54) is 13.0 Å². The first-order chi connectivity index (χ1) is 9.58. The Balaban J connectivity index is 2.23. The minimum atomic E-state index is -0.424. The molecule has 0 radical (unpaired) electrons. The van der Waals surface area contributed by atoms with Crippen LogP contribution in [0.1, 0.15) is 28.4 Å². The molecule has 2 rings (SSSR count). The lowest BCUT2D eigenvalue weighted by atomic mass is 10.0. The third-order valence-electron chi connectivity index (χ3n) is 3.21. The quantitative estimate of drug-likeness (QED) is 0.473. The summed E-state index contributed by atoms with van der Waals surface area (Å²) in [6, 6.07) is 14.5. The highest BCUT2D eigenvalue weighted by Crippen LogP contribution is 2.22. The fourth-order valence-electron chi connectivity index (χ4n) is 2.09. The summed E-state index contributed by atoms with van der Waals surface area (Å²) in [6.45, 7) is 1.41. The van der Waals surface area contributed by atoms with Crippen molar-refractivity contribution in [1.82, 2.24) is 0 Å². The Hall–Kier alpha value is -2.49. The van der Waals surface area contributed by atoms with Gasteiger partial charge >= 0.3 is 0 Å². The van der Waals surface area contributed by atoms with Crippen LogP contribution < -0.4 is 0 Å². The number of rotatable bonds is 5. The van der Waals surface area contributed by atoms with E-state index in [1.807, 2.05) is 30.3 Å². The first-order valence-electron chi connectivity index (χ1n) is 6.40. The first kappa shape index (κ1) is 13.9. The molecule has 0 aliphatic heterocycles. The van der Waals surface area contributed by atoms with Crippen molar-refractivity contribution in [2.24, 2.45) is 0 Å². The molecule has 4 nitrogen and oxygen atoms in total. The molecular weight excluding hydrogens is 254 g/mol. The van der Waals surface area contributed by atoms with E-state index in [9.17, 15) is 14.9 Å². The summed E-state index contributed by atoms with van der Waals surface area (Å²) < 4.78 is 0. The van der Waals surface area contributed by atoms with Gasteiger partial charge < -0.3 is 0 Å². The average Bonchev–Trinajstić information content (AvgIpc) is 2.45. The fourth-order valence-corrected chi connectivity index (χ4v) is 2.09. The van der Waals surface area contributed by atoms with Gasteiger partial charge in [-0.25, -0.2) is 0 Å². The SMILES string of the molecule is CC(=O)c1ccc(CCc2ccccc2)c([N+](=O)[O-])c1. The highest BCUT2D eigenvalue weighted by Gasteiger charge is 2.15. The van der Waals surface area contributed by atoms with Gasteiger partial charge in [-0.2, -0.15) is 0 Å². The maximum Gasteiger partial charge on any atom is 0.273 e. The molecule has 0 aliphatic carbocycles. The lowest BCUT2D eigenvalue weighted by Crippen LogP contribution is -2.01. The molecule has 0 atom stereocenters. The van der Waals surface area contributed by atoms with E-state index in [0.717, 1.165) is 12.0 Å². The van der Waals surface area contributed by atoms with Crippen LogP contribution in [0, 0.1) is 10.1 Å². The van der Waals surface area contributed by atoms with Crippen molar-refractivity contribution in [2.45, 2.75) is 19.8 Å². The minimum absolute atomic E-state index is 0.0219. The predicted octanol–water partition coefficient (Wildman–Crippen LogP) is 3.58. The zero-order chi connectivity index (χ0) is 14.5. The number of Topliss-reactive ketones (excluding diaryl/α,β-unsaturated/α-hetero) is 1. The van der Waals surface area contributed by atoms with Crippen LogP contribution in [-0.4, -0.2) is 10.7 Å². The van der Waals surface area contributed by atoms with E-state index in [4.69, 9.17) is 0 Å². The predicted molar refractivity (Wildman–Crippen MR) is 77.0 cm³/mol. The molecule has 4 heteroatoms. The number of aryl methyl sites for hydroxylation is 2. The van der Waals surface area contributed by atoms with Crippen molar-refractivity contribution in [3.63, 3.8) is 0 Å². The summed E-state index contributed by atoms with van der Waals surface area (Å²) in [5.74, 6) is -0.164. The number of nitro benzene ring substituents is 1. The van der Waals surface area contributed by atoms with Gasteiger partial charge in [0.15, 0.2) is 5.78 Å². The van der Waals surface area contributed by atoms with Gasteiger partial charge in [-0.1, -0.05) is 42.5 Å². The van der Waals surface area contributed by atoms with Crippen LogP contribution in [-0.2, 0) is 12.8 Å². The lowest BCUT2D eigenvalue weighted by molar-refractivity contribution is -0.385. The molecule has 0 N–H and O–H groups in total. The Labute approximate surface area is 117 Å². The molecule has 2 aromatic rings. The van der Waals surface area contributed by atoms with E-state index in [0.29, 0.717) is 17.5 Å². The second-order valence-corrected chi connectivity index (χ2v) is 4.64. The van der Waals surface area contributed by atoms with Gasteiger partial charge in [0.2, 0.25) is 0 Å². The van der Waals surface area contributed by atoms with E-state index in [-0.39, 0.29) is 11.5 Å². The van der Waals surface area contributed by atoms with E-state index >= 15 is 0 Å². The molecule has 0 heterocycles. The maximum absolute atomic E-state index is 11.3. The molecule has 0 saturated carbocycles. The summed E-state index contributed by atoms with van der Waals surface area (Å²) >= 11 is 0. The van der Waals surface area contributed by atoms with Gasteiger partial charge in [0, 0.05) is 17.2 Å². The Bertz CT molecular complexity index is 635. The van der Waals surface area contributed by atoms with Crippen molar-refractivity contribution < 1.29 is 9.72 Å². The van der Waals surface area contributed by atoms with Crippen LogP contribution in [0.15, 0.2) is 48.5 Å². The van der Waals surface area contributed by atoms with Crippen LogP contribution in [0.25, 0.3) is 0 Å². The highest BCUT2D eigenvalue weighted by atomic mass is 16.6. The van der Waals surface area contributed by atoms with Crippen LogP contribution in [0.5, 0.6) is 0 Å². The highest BCUT2D eigenvalue weighted by molar-refractivity contribution is 5.94. The minimum Gasteiger partial charge on any atom is -0.295 e. The third-order valence-corrected chi connectivity index (χ3v) is 3.21. The van der Waals surface area contributed by atoms with Crippen LogP contribution in [0.2, 0.25) is 0 Å². The molecule has 0 aliphatic rings. The van der Waals surface area contributed by atoms with Gasteiger partial charge in [0.25, 0.3) is 5.69 Å². The van der Waals surface area contributed by atoms with Gasteiger partial charge in [0.05, 0.1) is 4.92 Å². The number of carbonyl (C=O) groups excluding carboxylic acids is 1. The zero-order valence-corrected chi connectivity index (χ0v) is 11.2. The molecule has 0 saturated heterocycles. The van der Waals surface area contributed by atoms with Crippen LogP contribution in [0.4, 0.5) is 5.69 Å². The number of nitrogens with zero attached hydrogens (tertiary/aromatic N) is 1. The number of hydrogen-bond acceptors (Lipinski definition) is 3. The summed E-state index contributed by atoms with van der Waals surface area (Å²) in [7, 11) is 0. The zero-order valence-electron chi connectivity index (χ0n) is 11.2. The molecule has 0 amide bonds. The summed E-state index contributed by atoms with van der Waals surface area (Å²) in [4.78, 5) is 22.0. The fraction of sp³-hybridized carbons (Fsp3) is 0.188. The summed E-state index contributed by atoms with van der Waals surface area (Å²) in [6.07, 6.45) is 1.32. The Morgan fingerprint density at radius 2 is 1.80 bits per heavy atom. The van der Waals surface area contributed by atoms with Gasteiger partial charge in [-0.3, -0.25) is 14.9 Å². The smallest absolute Gasteiger partial charge is 0.273 e. The largest absolute Gasteiger partial charge is 0.295 e. The number of nitro groups is 1. The molecule has 0 unspecified atom stereocenters. The summed E-state index contributed by atoms with van der Waals surface area (Å²) in [5, 5.41) is 11.1. The van der Waals surface area contributed by atoms with Crippen molar-refractivity contribution in [3.05, 3.63) is 75.3 Å². The number of ketones is 1. The summed E-state index contributed by atoms with van der Waals surface area (Å²) in [5.41, 5.74) is 2.19. The molecule has 20 heavy (non-hydrogen) atoms. The molecule has 0 fully saturated rings. The van der Waals surface area contributed by atoms with Crippen LogP contribution >= 0.6 is 0 Å². The van der Waals surface area contributed by atoms with Crippen molar-refractivity contribution >= 4 is 11.5 Å². The van der Waals surface area contributed by atoms with E-state index in [2.05, 4.69) is 0 Å². The van der Waals surface area contributed by atoms with Gasteiger partial charge in [-0.15, -0.1) is 0 Å². The lowest BCUT2D eigenvalue weighted by Gasteiger charge is -2.05. The molecular formula is C16H15NO3.